The Balaban J connectivity index is 2.10. The molecular weight excluding hydrogens is 216 g/mol. The van der Waals surface area contributed by atoms with Gasteiger partial charge in [0.25, 0.3) is 0 Å². The first-order valence-corrected chi connectivity index (χ1v) is 6.71. The highest BCUT2D eigenvalue weighted by atomic mass is 16.5. The summed E-state index contributed by atoms with van der Waals surface area (Å²) in [4.78, 5) is 11.5. The molecule has 2 N–H and O–H groups in total. The highest BCUT2D eigenvalue weighted by Crippen LogP contribution is 2.11. The van der Waals surface area contributed by atoms with Gasteiger partial charge in [-0.3, -0.25) is 4.79 Å². The Kier molecular flexibility index (Phi) is 6.52. The zero-order chi connectivity index (χ0) is 12.7. The Morgan fingerprint density at radius 3 is 2.94 bits per heavy atom. The molecule has 1 fully saturated rings. The predicted octanol–water partition coefficient (Wildman–Crippen LogP) is 1.31. The van der Waals surface area contributed by atoms with Crippen molar-refractivity contribution in [2.75, 3.05) is 19.7 Å². The van der Waals surface area contributed by atoms with Crippen molar-refractivity contribution in [3.63, 3.8) is 0 Å². The van der Waals surface area contributed by atoms with Gasteiger partial charge in [0.05, 0.1) is 6.10 Å². The topological polar surface area (TPSA) is 50.4 Å². The van der Waals surface area contributed by atoms with E-state index >= 15 is 0 Å². The molecule has 0 aromatic carbocycles. The molecule has 4 nitrogen and oxygen atoms in total. The van der Waals surface area contributed by atoms with Crippen LogP contribution in [0.25, 0.3) is 0 Å². The molecule has 4 heteroatoms. The molecule has 1 amide bonds. The molecule has 2 unspecified atom stereocenters. The number of carbonyl (C=O) groups excluding carboxylic acids is 1. The fraction of sp³-hybridized carbons (Fsp3) is 0.923. The summed E-state index contributed by atoms with van der Waals surface area (Å²) in [6, 6.07) is 0.354. The van der Waals surface area contributed by atoms with Gasteiger partial charge < -0.3 is 15.4 Å². The molecule has 0 radical (unpaired) electrons. The van der Waals surface area contributed by atoms with Gasteiger partial charge in [0.1, 0.15) is 6.61 Å². The lowest BCUT2D eigenvalue weighted by atomic mass is 10.0. The molecule has 0 bridgehead atoms. The van der Waals surface area contributed by atoms with E-state index in [0.29, 0.717) is 12.0 Å². The van der Waals surface area contributed by atoms with E-state index in [1.807, 2.05) is 0 Å². The number of piperidine rings is 1. The molecule has 17 heavy (non-hydrogen) atoms. The monoisotopic (exact) mass is 242 g/mol. The van der Waals surface area contributed by atoms with Gasteiger partial charge in [0, 0.05) is 12.6 Å². The van der Waals surface area contributed by atoms with Gasteiger partial charge in [0.15, 0.2) is 0 Å². The van der Waals surface area contributed by atoms with Gasteiger partial charge in [-0.1, -0.05) is 13.8 Å². The second-order valence-corrected chi connectivity index (χ2v) is 5.27. The Morgan fingerprint density at radius 2 is 2.29 bits per heavy atom. The summed E-state index contributed by atoms with van der Waals surface area (Å²) in [5, 5.41) is 6.24. The van der Waals surface area contributed by atoms with Crippen LogP contribution in [0.5, 0.6) is 0 Å². The molecule has 1 aliphatic heterocycles. The van der Waals surface area contributed by atoms with Gasteiger partial charge in [-0.05, 0) is 38.6 Å². The third kappa shape index (κ3) is 6.03. The largest absolute Gasteiger partial charge is 0.367 e. The molecule has 1 saturated heterocycles. The summed E-state index contributed by atoms with van der Waals surface area (Å²) in [5.74, 6) is 0.627. The summed E-state index contributed by atoms with van der Waals surface area (Å²) >= 11 is 0. The van der Waals surface area contributed by atoms with Crippen LogP contribution in [0.1, 0.15) is 40.0 Å². The number of hydrogen-bond acceptors (Lipinski definition) is 3. The van der Waals surface area contributed by atoms with Crippen LogP contribution in [0.15, 0.2) is 0 Å². The molecule has 0 spiro atoms. The minimum Gasteiger partial charge on any atom is -0.367 e. The van der Waals surface area contributed by atoms with Gasteiger partial charge in [-0.25, -0.2) is 0 Å². The Morgan fingerprint density at radius 1 is 1.53 bits per heavy atom. The van der Waals surface area contributed by atoms with Crippen molar-refractivity contribution in [1.29, 1.82) is 0 Å². The van der Waals surface area contributed by atoms with E-state index in [1.165, 1.54) is 0 Å². The van der Waals surface area contributed by atoms with Crippen LogP contribution in [0.3, 0.4) is 0 Å². The quantitative estimate of drug-likeness (QED) is 0.738. The number of ether oxygens (including phenoxy) is 1. The van der Waals surface area contributed by atoms with Gasteiger partial charge in [0.2, 0.25) is 5.91 Å². The van der Waals surface area contributed by atoms with Crippen LogP contribution in [-0.2, 0) is 9.53 Å². The van der Waals surface area contributed by atoms with Gasteiger partial charge in [-0.15, -0.1) is 0 Å². The number of amides is 1. The summed E-state index contributed by atoms with van der Waals surface area (Å²) in [6.45, 7) is 8.41. The zero-order valence-electron chi connectivity index (χ0n) is 11.3. The van der Waals surface area contributed by atoms with Gasteiger partial charge >= 0.3 is 0 Å². The smallest absolute Gasteiger partial charge is 0.246 e. The van der Waals surface area contributed by atoms with Crippen molar-refractivity contribution in [3.05, 3.63) is 0 Å². The highest BCUT2D eigenvalue weighted by molar-refractivity contribution is 5.77. The molecule has 0 aliphatic carbocycles. The van der Waals surface area contributed by atoms with Crippen LogP contribution < -0.4 is 10.6 Å². The van der Waals surface area contributed by atoms with E-state index in [9.17, 15) is 4.79 Å². The zero-order valence-corrected chi connectivity index (χ0v) is 11.3. The third-order valence-corrected chi connectivity index (χ3v) is 3.16. The summed E-state index contributed by atoms with van der Waals surface area (Å²) in [7, 11) is 0. The maximum Gasteiger partial charge on any atom is 0.246 e. The number of nitrogens with one attached hydrogen (secondary N) is 2. The van der Waals surface area contributed by atoms with Crippen molar-refractivity contribution < 1.29 is 9.53 Å². The van der Waals surface area contributed by atoms with E-state index in [0.717, 1.165) is 32.4 Å². The minimum atomic E-state index is 0.00317. The fourth-order valence-corrected chi connectivity index (χ4v) is 1.98. The molecule has 0 aromatic rings. The lowest BCUT2D eigenvalue weighted by molar-refractivity contribution is -0.128. The molecule has 0 saturated carbocycles. The SMILES string of the molecule is CC(C)CCNC(=O)COC1CCCNC1C. The van der Waals surface area contributed by atoms with Crippen LogP contribution in [0.4, 0.5) is 0 Å². The van der Waals surface area contributed by atoms with E-state index in [2.05, 4.69) is 31.4 Å². The van der Waals surface area contributed by atoms with E-state index in [4.69, 9.17) is 4.74 Å². The molecule has 2 atom stereocenters. The first kappa shape index (κ1) is 14.5. The molecule has 1 heterocycles. The first-order chi connectivity index (χ1) is 8.09. The molecular formula is C13H26N2O2. The second-order valence-electron chi connectivity index (χ2n) is 5.27. The van der Waals surface area contributed by atoms with Crippen LogP contribution in [-0.4, -0.2) is 37.7 Å². The molecule has 100 valence electrons. The Labute approximate surface area is 104 Å². The van der Waals surface area contributed by atoms with Crippen LogP contribution >= 0.6 is 0 Å². The lowest BCUT2D eigenvalue weighted by Gasteiger charge is -2.29. The van der Waals surface area contributed by atoms with Crippen molar-refractivity contribution in [2.45, 2.75) is 52.2 Å². The average molecular weight is 242 g/mol. The fourth-order valence-electron chi connectivity index (χ4n) is 1.98. The lowest BCUT2D eigenvalue weighted by Crippen LogP contribution is -2.45. The van der Waals surface area contributed by atoms with E-state index in [1.54, 1.807) is 0 Å². The molecule has 1 aliphatic rings. The second kappa shape index (κ2) is 7.67. The summed E-state index contributed by atoms with van der Waals surface area (Å²) in [6.07, 6.45) is 3.38. The summed E-state index contributed by atoms with van der Waals surface area (Å²) in [5.41, 5.74) is 0. The molecule has 0 aromatic heterocycles. The van der Waals surface area contributed by atoms with Crippen molar-refractivity contribution >= 4 is 5.91 Å². The third-order valence-electron chi connectivity index (χ3n) is 3.16. The van der Waals surface area contributed by atoms with Crippen LogP contribution in [0, 0.1) is 5.92 Å². The highest BCUT2D eigenvalue weighted by Gasteiger charge is 2.21. The van der Waals surface area contributed by atoms with Crippen molar-refractivity contribution in [2.24, 2.45) is 5.92 Å². The Bertz CT molecular complexity index is 231. The standard InChI is InChI=1S/C13H26N2O2/c1-10(2)6-8-15-13(16)9-17-12-5-4-7-14-11(12)3/h10-12,14H,4-9H2,1-3H3,(H,15,16). The maximum atomic E-state index is 11.5. The average Bonchev–Trinajstić information content (AvgIpc) is 2.27. The van der Waals surface area contributed by atoms with Crippen molar-refractivity contribution in [3.8, 4) is 0 Å². The predicted molar refractivity (Wildman–Crippen MR) is 68.9 cm³/mol. The minimum absolute atomic E-state index is 0.00317. The van der Waals surface area contributed by atoms with Crippen LogP contribution in [0.2, 0.25) is 0 Å². The Hall–Kier alpha value is -0.610. The maximum absolute atomic E-state index is 11.5. The van der Waals surface area contributed by atoms with Gasteiger partial charge in [-0.2, -0.15) is 0 Å². The number of rotatable bonds is 6. The first-order valence-electron chi connectivity index (χ1n) is 6.71. The normalized spacial score (nSPS) is 24.9. The summed E-state index contributed by atoms with van der Waals surface area (Å²) < 4.78 is 5.64. The van der Waals surface area contributed by atoms with E-state index < -0.39 is 0 Å². The number of hydrogen-bond donors (Lipinski definition) is 2. The number of carbonyl (C=O) groups is 1. The van der Waals surface area contributed by atoms with Crippen molar-refractivity contribution in [1.82, 2.24) is 10.6 Å². The molecule has 1 rings (SSSR count). The van der Waals surface area contributed by atoms with E-state index in [-0.39, 0.29) is 18.6 Å².